The van der Waals surface area contributed by atoms with Crippen LogP contribution in [0.4, 0.5) is 0 Å². The van der Waals surface area contributed by atoms with Crippen LogP contribution in [0.3, 0.4) is 0 Å². The molecule has 2 N–H and O–H groups in total. The molecule has 1 aliphatic rings. The summed E-state index contributed by atoms with van der Waals surface area (Å²) in [6.45, 7) is 2.94. The van der Waals surface area contributed by atoms with Gasteiger partial charge in [0.15, 0.2) is 0 Å². The molecular weight excluding hydrogens is 178 g/mol. The van der Waals surface area contributed by atoms with E-state index in [1.165, 1.54) is 18.5 Å². The summed E-state index contributed by atoms with van der Waals surface area (Å²) in [7, 11) is 0. The molecule has 1 saturated heterocycles. The number of rotatable bonds is 3. The van der Waals surface area contributed by atoms with Crippen molar-refractivity contribution in [3.05, 3.63) is 18.0 Å². The van der Waals surface area contributed by atoms with Gasteiger partial charge in [0.05, 0.1) is 13.2 Å². The van der Waals surface area contributed by atoms with Crippen LogP contribution in [-0.4, -0.2) is 34.6 Å². The zero-order valence-corrected chi connectivity index (χ0v) is 8.32. The molecule has 2 heterocycles. The minimum Gasteiger partial charge on any atom is -0.394 e. The van der Waals surface area contributed by atoms with E-state index in [0.717, 1.165) is 13.1 Å². The molecule has 0 aromatic carbocycles. The van der Waals surface area contributed by atoms with Crippen LogP contribution in [0.15, 0.2) is 12.3 Å². The summed E-state index contributed by atoms with van der Waals surface area (Å²) in [6, 6.07) is 2.06. The van der Waals surface area contributed by atoms with Gasteiger partial charge in [-0.15, -0.1) is 0 Å². The Balaban J connectivity index is 2.09. The van der Waals surface area contributed by atoms with Crippen LogP contribution in [0.5, 0.6) is 0 Å². The van der Waals surface area contributed by atoms with Crippen LogP contribution in [0, 0.1) is 0 Å². The van der Waals surface area contributed by atoms with Gasteiger partial charge in [-0.05, 0) is 25.5 Å². The highest BCUT2D eigenvalue weighted by Gasteiger charge is 2.18. The van der Waals surface area contributed by atoms with Crippen LogP contribution in [0.25, 0.3) is 0 Å². The third-order valence-corrected chi connectivity index (χ3v) is 2.78. The molecule has 1 aromatic rings. The lowest BCUT2D eigenvalue weighted by molar-refractivity contribution is 0.264. The molecule has 4 nitrogen and oxygen atoms in total. The number of piperidine rings is 1. The van der Waals surface area contributed by atoms with Gasteiger partial charge in [-0.2, -0.15) is 5.10 Å². The smallest absolute Gasteiger partial charge is 0.0644 e. The van der Waals surface area contributed by atoms with Crippen molar-refractivity contribution in [3.8, 4) is 0 Å². The Morgan fingerprint density at radius 1 is 1.64 bits per heavy atom. The van der Waals surface area contributed by atoms with E-state index in [2.05, 4.69) is 16.5 Å². The van der Waals surface area contributed by atoms with Crippen LogP contribution in [0.2, 0.25) is 0 Å². The summed E-state index contributed by atoms with van der Waals surface area (Å²) in [5.41, 5.74) is 1.26. The minimum atomic E-state index is 0.162. The number of nitrogens with one attached hydrogen (secondary N) is 1. The van der Waals surface area contributed by atoms with E-state index in [9.17, 15) is 0 Å². The predicted octanol–water partition coefficient (Wildman–Crippen LogP) is 0.342. The zero-order valence-electron chi connectivity index (χ0n) is 8.32. The zero-order chi connectivity index (χ0) is 9.80. The molecule has 1 aliphatic heterocycles. The number of hydrogen-bond acceptors (Lipinski definition) is 3. The summed E-state index contributed by atoms with van der Waals surface area (Å²) in [5, 5.41) is 16.5. The van der Waals surface area contributed by atoms with Crippen molar-refractivity contribution in [2.75, 3.05) is 19.7 Å². The van der Waals surface area contributed by atoms with E-state index in [4.69, 9.17) is 5.11 Å². The Morgan fingerprint density at radius 3 is 3.29 bits per heavy atom. The molecule has 0 amide bonds. The van der Waals surface area contributed by atoms with Gasteiger partial charge in [0, 0.05) is 24.4 Å². The van der Waals surface area contributed by atoms with Gasteiger partial charge in [0.25, 0.3) is 0 Å². The summed E-state index contributed by atoms with van der Waals surface area (Å²) in [5.74, 6) is 0.567. The quantitative estimate of drug-likeness (QED) is 0.731. The maximum Gasteiger partial charge on any atom is 0.0644 e. The third-order valence-electron chi connectivity index (χ3n) is 2.78. The van der Waals surface area contributed by atoms with Crippen molar-refractivity contribution in [2.24, 2.45) is 0 Å². The Morgan fingerprint density at radius 2 is 2.57 bits per heavy atom. The number of hydrogen-bond donors (Lipinski definition) is 2. The first-order valence-corrected chi connectivity index (χ1v) is 5.25. The van der Waals surface area contributed by atoms with E-state index in [0.29, 0.717) is 12.5 Å². The van der Waals surface area contributed by atoms with Crippen molar-refractivity contribution < 1.29 is 5.11 Å². The average molecular weight is 195 g/mol. The fourth-order valence-corrected chi connectivity index (χ4v) is 2.08. The first-order valence-electron chi connectivity index (χ1n) is 5.25. The highest BCUT2D eigenvalue weighted by atomic mass is 16.3. The van der Waals surface area contributed by atoms with E-state index in [-0.39, 0.29) is 6.61 Å². The Labute approximate surface area is 83.9 Å². The topological polar surface area (TPSA) is 50.1 Å². The number of aliphatic hydroxyl groups is 1. The van der Waals surface area contributed by atoms with E-state index < -0.39 is 0 Å². The molecule has 14 heavy (non-hydrogen) atoms. The third kappa shape index (κ3) is 1.96. The standard InChI is InChI=1S/C10H17N3O/c14-7-6-13-10(3-5-12-13)9-2-1-4-11-8-9/h3,5,9,11,14H,1-2,4,6-8H2. The summed E-state index contributed by atoms with van der Waals surface area (Å²) in [4.78, 5) is 0. The van der Waals surface area contributed by atoms with Gasteiger partial charge < -0.3 is 10.4 Å². The molecule has 78 valence electrons. The van der Waals surface area contributed by atoms with Gasteiger partial charge in [-0.25, -0.2) is 0 Å². The van der Waals surface area contributed by atoms with Crippen molar-refractivity contribution in [1.29, 1.82) is 0 Å². The predicted molar refractivity (Wildman–Crippen MR) is 54.2 cm³/mol. The second-order valence-corrected chi connectivity index (χ2v) is 3.75. The summed E-state index contributed by atoms with van der Waals surface area (Å²) < 4.78 is 1.91. The first-order chi connectivity index (χ1) is 6.92. The highest BCUT2D eigenvalue weighted by molar-refractivity contribution is 5.09. The highest BCUT2D eigenvalue weighted by Crippen LogP contribution is 2.22. The SMILES string of the molecule is OCCn1nccc1C1CCCNC1. The molecule has 1 fully saturated rings. The van der Waals surface area contributed by atoms with E-state index in [1.807, 2.05) is 10.9 Å². The first kappa shape index (κ1) is 9.68. The molecule has 0 radical (unpaired) electrons. The molecule has 1 unspecified atom stereocenters. The van der Waals surface area contributed by atoms with Crippen LogP contribution < -0.4 is 5.32 Å². The van der Waals surface area contributed by atoms with Crippen molar-refractivity contribution >= 4 is 0 Å². The lowest BCUT2D eigenvalue weighted by atomic mass is 9.96. The molecule has 1 aromatic heterocycles. The summed E-state index contributed by atoms with van der Waals surface area (Å²) >= 11 is 0. The van der Waals surface area contributed by atoms with Gasteiger partial charge in [-0.1, -0.05) is 0 Å². The minimum absolute atomic E-state index is 0.162. The van der Waals surface area contributed by atoms with Crippen molar-refractivity contribution in [1.82, 2.24) is 15.1 Å². The van der Waals surface area contributed by atoms with Crippen LogP contribution in [-0.2, 0) is 6.54 Å². The lowest BCUT2D eigenvalue weighted by Gasteiger charge is -2.23. The van der Waals surface area contributed by atoms with Crippen molar-refractivity contribution in [2.45, 2.75) is 25.3 Å². The molecule has 0 aliphatic carbocycles. The molecule has 4 heteroatoms. The number of aromatic nitrogens is 2. The second-order valence-electron chi connectivity index (χ2n) is 3.75. The van der Waals surface area contributed by atoms with Crippen LogP contribution in [0.1, 0.15) is 24.5 Å². The molecular formula is C10H17N3O. The van der Waals surface area contributed by atoms with Gasteiger partial charge in [-0.3, -0.25) is 4.68 Å². The molecule has 1 atom stereocenters. The fraction of sp³-hybridized carbons (Fsp3) is 0.700. The average Bonchev–Trinajstić information content (AvgIpc) is 2.68. The van der Waals surface area contributed by atoms with Gasteiger partial charge in [0.1, 0.15) is 0 Å². The van der Waals surface area contributed by atoms with Gasteiger partial charge in [0.2, 0.25) is 0 Å². The summed E-state index contributed by atoms with van der Waals surface area (Å²) in [6.07, 6.45) is 4.28. The fourth-order valence-electron chi connectivity index (χ4n) is 2.08. The molecule has 0 saturated carbocycles. The van der Waals surface area contributed by atoms with Gasteiger partial charge >= 0.3 is 0 Å². The van der Waals surface area contributed by atoms with Crippen LogP contribution >= 0.6 is 0 Å². The van der Waals surface area contributed by atoms with E-state index >= 15 is 0 Å². The maximum atomic E-state index is 8.88. The lowest BCUT2D eigenvalue weighted by Crippen LogP contribution is -2.29. The number of aliphatic hydroxyl groups excluding tert-OH is 1. The monoisotopic (exact) mass is 195 g/mol. The normalized spacial score (nSPS) is 22.5. The van der Waals surface area contributed by atoms with E-state index in [1.54, 1.807) is 0 Å². The second kappa shape index (κ2) is 4.57. The largest absolute Gasteiger partial charge is 0.394 e. The Hall–Kier alpha value is -0.870. The Kier molecular flexibility index (Phi) is 3.16. The van der Waals surface area contributed by atoms with Crippen molar-refractivity contribution in [3.63, 3.8) is 0 Å². The molecule has 2 rings (SSSR count). The Bertz CT molecular complexity index is 279. The maximum absolute atomic E-state index is 8.88. The number of nitrogens with zero attached hydrogens (tertiary/aromatic N) is 2. The molecule has 0 spiro atoms. The molecule has 0 bridgehead atoms.